The number of nitrogens with one attached hydrogen (secondary N) is 3. The summed E-state index contributed by atoms with van der Waals surface area (Å²) in [6.45, 7) is 1.06. The molecule has 8 heteroatoms. The van der Waals surface area contributed by atoms with Gasteiger partial charge in [0.15, 0.2) is 0 Å². The third kappa shape index (κ3) is 5.38. The molecule has 3 N–H and O–H groups in total. The van der Waals surface area contributed by atoms with Crippen LogP contribution in [0.25, 0.3) is 11.3 Å². The fraction of sp³-hybridized carbons (Fsp3) is 0.312. The molecule has 0 aliphatic heterocycles. The van der Waals surface area contributed by atoms with E-state index in [0.29, 0.717) is 24.5 Å². The van der Waals surface area contributed by atoms with Crippen molar-refractivity contribution in [3.05, 3.63) is 41.8 Å². The largest absolute Gasteiger partial charge is 0.355 e. The second-order valence-electron chi connectivity index (χ2n) is 5.14. The van der Waals surface area contributed by atoms with Gasteiger partial charge in [0.25, 0.3) is 5.91 Å². The van der Waals surface area contributed by atoms with Crippen LogP contribution in [0.1, 0.15) is 23.3 Å². The average Bonchev–Trinajstić information content (AvgIpc) is 3.08. The van der Waals surface area contributed by atoms with Crippen molar-refractivity contribution < 1.29 is 14.0 Å². The molecule has 24 heavy (non-hydrogen) atoms. The molecule has 1 heterocycles. The maximum Gasteiger partial charge on any atom is 0.269 e. The van der Waals surface area contributed by atoms with Gasteiger partial charge in [-0.15, -0.1) is 0 Å². The number of rotatable bonds is 8. The van der Waals surface area contributed by atoms with Crippen LogP contribution in [0.2, 0.25) is 0 Å². The minimum atomic E-state index is -0.321. The molecule has 0 atom stereocenters. The number of unbranched alkanes of at least 4 members (excludes halogenated alkanes) is 1. The van der Waals surface area contributed by atoms with E-state index in [1.165, 1.54) is 12.1 Å². The first-order chi connectivity index (χ1) is 11.6. The van der Waals surface area contributed by atoms with Gasteiger partial charge in [-0.1, -0.05) is 0 Å². The number of hydrogen-bond acceptors (Lipinski definition) is 4. The van der Waals surface area contributed by atoms with Gasteiger partial charge in [-0.2, -0.15) is 17.7 Å². The Morgan fingerprint density at radius 3 is 2.46 bits per heavy atom. The lowest BCUT2D eigenvalue weighted by atomic mass is 10.1. The molecule has 1 aromatic carbocycles. The lowest BCUT2D eigenvalue weighted by molar-refractivity contribution is -0.118. The summed E-state index contributed by atoms with van der Waals surface area (Å²) in [6.07, 6.45) is 1.52. The first-order valence-corrected chi connectivity index (χ1v) is 8.20. The van der Waals surface area contributed by atoms with Crippen LogP contribution >= 0.6 is 12.6 Å². The van der Waals surface area contributed by atoms with Gasteiger partial charge < -0.3 is 10.6 Å². The summed E-state index contributed by atoms with van der Waals surface area (Å²) in [5, 5.41) is 12.2. The van der Waals surface area contributed by atoms with E-state index < -0.39 is 0 Å². The van der Waals surface area contributed by atoms with Crippen molar-refractivity contribution in [3.63, 3.8) is 0 Å². The van der Waals surface area contributed by atoms with Crippen LogP contribution in [0.3, 0.4) is 0 Å². The molecule has 1 aromatic heterocycles. The third-order valence-corrected chi connectivity index (χ3v) is 3.60. The van der Waals surface area contributed by atoms with Crippen molar-refractivity contribution in [2.24, 2.45) is 0 Å². The fourth-order valence-corrected chi connectivity index (χ4v) is 2.15. The Morgan fingerprint density at radius 2 is 1.79 bits per heavy atom. The Morgan fingerprint density at radius 1 is 1.12 bits per heavy atom. The Hall–Kier alpha value is -2.35. The van der Waals surface area contributed by atoms with E-state index in [9.17, 15) is 14.0 Å². The number of amides is 2. The zero-order chi connectivity index (χ0) is 17.4. The number of halogens is 1. The van der Waals surface area contributed by atoms with E-state index in [1.807, 2.05) is 0 Å². The molecule has 0 fully saturated rings. The van der Waals surface area contributed by atoms with Crippen LogP contribution in [0.4, 0.5) is 4.39 Å². The van der Waals surface area contributed by atoms with Gasteiger partial charge in [-0.3, -0.25) is 14.7 Å². The zero-order valence-electron chi connectivity index (χ0n) is 13.0. The number of carbonyl (C=O) groups excluding carboxylic acids is 2. The predicted octanol–water partition coefficient (Wildman–Crippen LogP) is 1.77. The van der Waals surface area contributed by atoms with Crippen molar-refractivity contribution in [2.75, 3.05) is 18.8 Å². The molecule has 0 unspecified atom stereocenters. The maximum atomic E-state index is 12.9. The van der Waals surface area contributed by atoms with Crippen LogP contribution in [0, 0.1) is 5.82 Å². The molecule has 2 aromatic rings. The molecule has 2 amide bonds. The Labute approximate surface area is 144 Å². The molecular weight excluding hydrogens is 331 g/mol. The van der Waals surface area contributed by atoms with Gasteiger partial charge in [0.05, 0.1) is 11.4 Å². The summed E-state index contributed by atoms with van der Waals surface area (Å²) in [6, 6.07) is 7.51. The topological polar surface area (TPSA) is 86.9 Å². The van der Waals surface area contributed by atoms with Crippen molar-refractivity contribution in [3.8, 4) is 11.3 Å². The highest BCUT2D eigenvalue weighted by Gasteiger charge is 2.10. The van der Waals surface area contributed by atoms with Gasteiger partial charge >= 0.3 is 0 Å². The smallest absolute Gasteiger partial charge is 0.269 e. The summed E-state index contributed by atoms with van der Waals surface area (Å²) in [4.78, 5) is 23.0. The average molecular weight is 350 g/mol. The van der Waals surface area contributed by atoms with Gasteiger partial charge in [0.1, 0.15) is 11.5 Å². The molecule has 2 rings (SSSR count). The number of aromatic nitrogens is 2. The van der Waals surface area contributed by atoms with E-state index in [4.69, 9.17) is 0 Å². The van der Waals surface area contributed by atoms with Crippen LogP contribution in [-0.4, -0.2) is 40.9 Å². The fourth-order valence-electron chi connectivity index (χ4n) is 2.04. The maximum absolute atomic E-state index is 12.9. The summed E-state index contributed by atoms with van der Waals surface area (Å²) < 4.78 is 12.9. The second-order valence-corrected chi connectivity index (χ2v) is 5.46. The van der Waals surface area contributed by atoms with Gasteiger partial charge in [-0.25, -0.2) is 4.39 Å². The number of carbonyl (C=O) groups is 2. The lowest BCUT2D eigenvalue weighted by Gasteiger charge is -2.04. The standard InChI is InChI=1S/C16H19FN4O2S/c17-12-5-3-11(4-6-12)13-9-14(21-20-13)16(23)19-8-2-1-7-18-15(22)10-24/h3-6,9,24H,1-2,7-8,10H2,(H,18,22)(H,19,23)(H,20,21). The van der Waals surface area contributed by atoms with Crippen LogP contribution in [-0.2, 0) is 4.79 Å². The Balaban J connectivity index is 1.75. The molecule has 0 bridgehead atoms. The van der Waals surface area contributed by atoms with Crippen molar-refractivity contribution in [1.29, 1.82) is 0 Å². The summed E-state index contributed by atoms with van der Waals surface area (Å²) in [5.41, 5.74) is 1.65. The number of benzene rings is 1. The van der Waals surface area contributed by atoms with Crippen molar-refractivity contribution in [2.45, 2.75) is 12.8 Å². The van der Waals surface area contributed by atoms with Gasteiger partial charge in [0, 0.05) is 18.7 Å². The second kappa shape index (κ2) is 9.07. The lowest BCUT2D eigenvalue weighted by Crippen LogP contribution is -2.28. The first-order valence-electron chi connectivity index (χ1n) is 7.57. The highest BCUT2D eigenvalue weighted by atomic mass is 32.1. The van der Waals surface area contributed by atoms with Gasteiger partial charge in [0.2, 0.25) is 5.91 Å². The summed E-state index contributed by atoms with van der Waals surface area (Å²) in [5.74, 6) is -0.506. The third-order valence-electron chi connectivity index (χ3n) is 3.32. The number of nitrogens with zero attached hydrogens (tertiary/aromatic N) is 1. The minimum absolute atomic E-state index is 0.104. The quantitative estimate of drug-likeness (QED) is 0.432. The van der Waals surface area contributed by atoms with Crippen molar-refractivity contribution >= 4 is 24.4 Å². The summed E-state index contributed by atoms with van der Waals surface area (Å²) in [7, 11) is 0. The van der Waals surface area contributed by atoms with E-state index in [1.54, 1.807) is 18.2 Å². The predicted molar refractivity (Wildman–Crippen MR) is 92.4 cm³/mol. The minimum Gasteiger partial charge on any atom is -0.355 e. The van der Waals surface area contributed by atoms with E-state index in [0.717, 1.165) is 18.4 Å². The van der Waals surface area contributed by atoms with E-state index >= 15 is 0 Å². The first kappa shape index (κ1) is 18.0. The highest BCUT2D eigenvalue weighted by molar-refractivity contribution is 7.81. The SMILES string of the molecule is O=C(CS)NCCCCNC(=O)c1cc(-c2ccc(F)cc2)n[nH]1. The number of H-pyrrole nitrogens is 1. The Bertz CT molecular complexity index is 688. The molecule has 128 valence electrons. The number of aromatic amines is 1. The number of hydrogen-bond donors (Lipinski definition) is 4. The molecule has 0 spiro atoms. The molecule has 0 aliphatic carbocycles. The van der Waals surface area contributed by atoms with Crippen LogP contribution in [0.5, 0.6) is 0 Å². The molecule has 0 saturated carbocycles. The number of thiol groups is 1. The molecular formula is C16H19FN4O2S. The molecule has 0 aliphatic rings. The van der Waals surface area contributed by atoms with E-state index in [-0.39, 0.29) is 23.4 Å². The van der Waals surface area contributed by atoms with Crippen LogP contribution < -0.4 is 10.6 Å². The molecule has 0 radical (unpaired) electrons. The van der Waals surface area contributed by atoms with E-state index in [2.05, 4.69) is 33.5 Å². The molecule has 6 nitrogen and oxygen atoms in total. The van der Waals surface area contributed by atoms with Gasteiger partial charge in [-0.05, 0) is 43.2 Å². The zero-order valence-corrected chi connectivity index (χ0v) is 13.9. The monoisotopic (exact) mass is 350 g/mol. The normalized spacial score (nSPS) is 10.4. The summed E-state index contributed by atoms with van der Waals surface area (Å²) >= 11 is 3.86. The van der Waals surface area contributed by atoms with Crippen LogP contribution in [0.15, 0.2) is 30.3 Å². The Kier molecular flexibility index (Phi) is 6.80. The van der Waals surface area contributed by atoms with Crippen molar-refractivity contribution in [1.82, 2.24) is 20.8 Å². The molecule has 0 saturated heterocycles. The highest BCUT2D eigenvalue weighted by Crippen LogP contribution is 2.17.